The first-order chi connectivity index (χ1) is 8.05. The number of pyridine rings is 1. The van der Waals surface area contributed by atoms with Gasteiger partial charge in [-0.05, 0) is 26.8 Å². The van der Waals surface area contributed by atoms with Crippen molar-refractivity contribution in [2.45, 2.75) is 26.3 Å². The molecule has 4 heteroatoms. The van der Waals surface area contributed by atoms with E-state index in [-0.39, 0.29) is 5.54 Å². The third-order valence-corrected chi connectivity index (χ3v) is 3.05. The molecule has 0 bridgehead atoms. The van der Waals surface area contributed by atoms with Gasteiger partial charge in [-0.2, -0.15) is 0 Å². The van der Waals surface area contributed by atoms with Gasteiger partial charge >= 0.3 is 0 Å². The van der Waals surface area contributed by atoms with Gasteiger partial charge in [0.05, 0.1) is 0 Å². The molecule has 1 aliphatic heterocycles. The zero-order valence-corrected chi connectivity index (χ0v) is 10.9. The number of hydrogen-bond acceptors (Lipinski definition) is 4. The van der Waals surface area contributed by atoms with E-state index in [1.54, 1.807) is 6.20 Å². The molecule has 0 atom stereocenters. The van der Waals surface area contributed by atoms with E-state index in [0.29, 0.717) is 5.88 Å². The number of aromatic nitrogens is 1. The molecule has 1 fully saturated rings. The smallest absolute Gasteiger partial charge is 0.238 e. The molecule has 0 aromatic carbocycles. The van der Waals surface area contributed by atoms with Crippen LogP contribution in [0, 0.1) is 0 Å². The Morgan fingerprint density at radius 2 is 1.82 bits per heavy atom. The van der Waals surface area contributed by atoms with E-state index in [0.717, 1.165) is 26.2 Å². The topological polar surface area (TPSA) is 28.6 Å². The van der Waals surface area contributed by atoms with Gasteiger partial charge in [0.2, 0.25) is 5.88 Å². The van der Waals surface area contributed by atoms with Crippen LogP contribution in [0.25, 0.3) is 0 Å². The Bertz CT molecular complexity index is 339. The summed E-state index contributed by atoms with van der Waals surface area (Å²) < 4.78 is 0. The molecular formula is C13H21N3O. The van der Waals surface area contributed by atoms with E-state index in [1.807, 2.05) is 23.3 Å². The van der Waals surface area contributed by atoms with Crippen molar-refractivity contribution in [1.29, 1.82) is 0 Å². The second-order valence-electron chi connectivity index (χ2n) is 5.35. The second kappa shape index (κ2) is 5.02. The van der Waals surface area contributed by atoms with Crippen LogP contribution in [-0.2, 0) is 0 Å². The van der Waals surface area contributed by atoms with Crippen molar-refractivity contribution in [3.63, 3.8) is 0 Å². The number of rotatable bonds is 2. The van der Waals surface area contributed by atoms with Crippen molar-refractivity contribution >= 4 is 0 Å². The third-order valence-electron chi connectivity index (χ3n) is 3.05. The average molecular weight is 235 g/mol. The van der Waals surface area contributed by atoms with Gasteiger partial charge in [0.25, 0.3) is 0 Å². The first-order valence-electron chi connectivity index (χ1n) is 6.15. The molecule has 0 saturated carbocycles. The fraction of sp³-hybridized carbons (Fsp3) is 0.615. The monoisotopic (exact) mass is 235 g/mol. The summed E-state index contributed by atoms with van der Waals surface area (Å²) in [6, 6.07) is 5.72. The predicted octanol–water partition coefficient (Wildman–Crippen LogP) is 1.79. The van der Waals surface area contributed by atoms with Gasteiger partial charge in [0.1, 0.15) is 0 Å². The van der Waals surface area contributed by atoms with Crippen molar-refractivity contribution in [1.82, 2.24) is 14.9 Å². The summed E-state index contributed by atoms with van der Waals surface area (Å²) in [7, 11) is 0. The van der Waals surface area contributed by atoms with Gasteiger partial charge in [0, 0.05) is 44.0 Å². The van der Waals surface area contributed by atoms with Crippen molar-refractivity contribution in [3.8, 4) is 5.88 Å². The lowest BCUT2D eigenvalue weighted by molar-refractivity contribution is -0.103. The Morgan fingerprint density at radius 1 is 1.12 bits per heavy atom. The molecular weight excluding hydrogens is 214 g/mol. The summed E-state index contributed by atoms with van der Waals surface area (Å²) in [6.07, 6.45) is 1.75. The van der Waals surface area contributed by atoms with Gasteiger partial charge in [-0.25, -0.2) is 4.98 Å². The minimum Gasteiger partial charge on any atom is -0.386 e. The summed E-state index contributed by atoms with van der Waals surface area (Å²) in [4.78, 5) is 12.4. The Labute approximate surface area is 103 Å². The third kappa shape index (κ3) is 3.41. The zero-order valence-electron chi connectivity index (χ0n) is 10.9. The number of hydrogen-bond donors (Lipinski definition) is 0. The lowest BCUT2D eigenvalue weighted by atomic mass is 10.1. The molecule has 0 amide bonds. The van der Waals surface area contributed by atoms with E-state index in [4.69, 9.17) is 4.84 Å². The molecule has 4 nitrogen and oxygen atoms in total. The molecule has 0 radical (unpaired) electrons. The molecule has 1 aromatic heterocycles. The fourth-order valence-corrected chi connectivity index (χ4v) is 1.98. The van der Waals surface area contributed by atoms with Crippen molar-refractivity contribution in [2.75, 3.05) is 26.2 Å². The molecule has 1 aromatic rings. The number of piperazine rings is 1. The predicted molar refractivity (Wildman–Crippen MR) is 67.8 cm³/mol. The van der Waals surface area contributed by atoms with E-state index >= 15 is 0 Å². The highest BCUT2D eigenvalue weighted by Crippen LogP contribution is 2.16. The van der Waals surface area contributed by atoms with Crippen LogP contribution in [0.4, 0.5) is 0 Å². The van der Waals surface area contributed by atoms with Crippen LogP contribution in [0.15, 0.2) is 24.4 Å². The van der Waals surface area contributed by atoms with E-state index in [2.05, 4.69) is 30.7 Å². The molecule has 0 spiro atoms. The molecule has 0 aliphatic carbocycles. The van der Waals surface area contributed by atoms with Crippen LogP contribution in [0.3, 0.4) is 0 Å². The Kier molecular flexibility index (Phi) is 3.64. The second-order valence-corrected chi connectivity index (χ2v) is 5.35. The van der Waals surface area contributed by atoms with E-state index in [1.165, 1.54) is 0 Å². The van der Waals surface area contributed by atoms with Crippen LogP contribution in [0.5, 0.6) is 5.88 Å². The quantitative estimate of drug-likeness (QED) is 0.781. The molecule has 1 aliphatic rings. The maximum Gasteiger partial charge on any atom is 0.238 e. The van der Waals surface area contributed by atoms with Crippen LogP contribution in [-0.4, -0.2) is 46.7 Å². The summed E-state index contributed by atoms with van der Waals surface area (Å²) in [5, 5.41) is 1.99. The average Bonchev–Trinajstić information content (AvgIpc) is 2.30. The van der Waals surface area contributed by atoms with E-state index < -0.39 is 0 Å². The normalized spacial score (nSPS) is 19.2. The molecule has 0 N–H and O–H groups in total. The highest BCUT2D eigenvalue weighted by molar-refractivity contribution is 5.08. The lowest BCUT2D eigenvalue weighted by Gasteiger charge is -2.41. The maximum atomic E-state index is 5.71. The van der Waals surface area contributed by atoms with Crippen molar-refractivity contribution in [2.24, 2.45) is 0 Å². The first-order valence-corrected chi connectivity index (χ1v) is 6.15. The van der Waals surface area contributed by atoms with Gasteiger partial charge in [0.15, 0.2) is 0 Å². The summed E-state index contributed by atoms with van der Waals surface area (Å²) in [6.45, 7) is 10.7. The van der Waals surface area contributed by atoms with Gasteiger partial charge < -0.3 is 4.84 Å². The summed E-state index contributed by atoms with van der Waals surface area (Å²) >= 11 is 0. The largest absolute Gasteiger partial charge is 0.386 e. The molecule has 17 heavy (non-hydrogen) atoms. The molecule has 94 valence electrons. The molecule has 1 saturated heterocycles. The van der Waals surface area contributed by atoms with Crippen molar-refractivity contribution < 1.29 is 4.84 Å². The summed E-state index contributed by atoms with van der Waals surface area (Å²) in [5.74, 6) is 0.678. The number of hydroxylamine groups is 2. The standard InChI is InChI=1S/C13H21N3O/c1-13(2,3)15-8-10-16(11-9-15)17-12-6-4-5-7-14-12/h4-7H,8-11H2,1-3H3. The lowest BCUT2D eigenvalue weighted by Crippen LogP contribution is -2.54. The van der Waals surface area contributed by atoms with Gasteiger partial charge in [-0.1, -0.05) is 6.07 Å². The van der Waals surface area contributed by atoms with Gasteiger partial charge in [-0.15, -0.1) is 5.06 Å². The summed E-state index contributed by atoms with van der Waals surface area (Å²) in [5.41, 5.74) is 0.247. The molecule has 2 rings (SSSR count). The van der Waals surface area contributed by atoms with E-state index in [9.17, 15) is 0 Å². The Hall–Kier alpha value is -1.13. The highest BCUT2D eigenvalue weighted by atomic mass is 16.7. The van der Waals surface area contributed by atoms with Crippen LogP contribution >= 0.6 is 0 Å². The van der Waals surface area contributed by atoms with Crippen LogP contribution in [0.2, 0.25) is 0 Å². The Balaban J connectivity index is 1.84. The molecule has 0 unspecified atom stereocenters. The minimum absolute atomic E-state index is 0.247. The molecule has 2 heterocycles. The first kappa shape index (κ1) is 12.3. The van der Waals surface area contributed by atoms with Gasteiger partial charge in [-0.3, -0.25) is 4.90 Å². The number of nitrogens with zero attached hydrogens (tertiary/aromatic N) is 3. The highest BCUT2D eigenvalue weighted by Gasteiger charge is 2.26. The SMILES string of the molecule is CC(C)(C)N1CCN(Oc2ccccn2)CC1. The minimum atomic E-state index is 0.247. The maximum absolute atomic E-state index is 5.71. The van der Waals surface area contributed by atoms with Crippen LogP contribution in [0.1, 0.15) is 20.8 Å². The fourth-order valence-electron chi connectivity index (χ4n) is 1.98. The Morgan fingerprint density at radius 3 is 2.35 bits per heavy atom. The van der Waals surface area contributed by atoms with Crippen LogP contribution < -0.4 is 4.84 Å². The van der Waals surface area contributed by atoms with Crippen molar-refractivity contribution in [3.05, 3.63) is 24.4 Å². The zero-order chi connectivity index (χ0) is 12.3.